The van der Waals surface area contributed by atoms with Gasteiger partial charge < -0.3 is 14.9 Å². The van der Waals surface area contributed by atoms with Gasteiger partial charge in [-0.25, -0.2) is 0 Å². The van der Waals surface area contributed by atoms with E-state index in [9.17, 15) is 9.90 Å². The third-order valence-electron chi connectivity index (χ3n) is 2.47. The molecule has 0 bridgehead atoms. The van der Waals surface area contributed by atoms with Crippen LogP contribution in [0, 0.1) is 7.14 Å². The summed E-state index contributed by atoms with van der Waals surface area (Å²) in [6, 6.07) is 10.0. The minimum atomic E-state index is -0.858. The maximum atomic E-state index is 10.7. The summed E-state index contributed by atoms with van der Waals surface area (Å²) in [5, 5.41) is 18.1. The van der Waals surface area contributed by atoms with Gasteiger partial charge in [-0.2, -0.15) is 0 Å². The summed E-state index contributed by atoms with van der Waals surface area (Å²) in [7, 11) is 0. The van der Waals surface area contributed by atoms with E-state index >= 15 is 0 Å². The summed E-state index contributed by atoms with van der Waals surface area (Å²) in [4.78, 5) is 10.7. The van der Waals surface area contributed by atoms with Crippen LogP contribution in [0.5, 0.6) is 17.2 Å². The second-order valence-corrected chi connectivity index (χ2v) is 6.38. The van der Waals surface area contributed by atoms with Gasteiger partial charge in [0.05, 0.1) is 13.6 Å². The van der Waals surface area contributed by atoms with E-state index in [4.69, 9.17) is 9.84 Å². The molecule has 20 heavy (non-hydrogen) atoms. The van der Waals surface area contributed by atoms with Crippen molar-refractivity contribution in [1.29, 1.82) is 0 Å². The van der Waals surface area contributed by atoms with Crippen LogP contribution in [0.15, 0.2) is 36.4 Å². The SMILES string of the molecule is O=C(O)Cc1cc(I)c(O[13c]2[13cH][13cH][13c](O)[13cH][13cH]2)c(I)c1. The van der Waals surface area contributed by atoms with Gasteiger partial charge in [0, 0.05) is 0 Å². The molecular weight excluding hydrogens is 492 g/mol. The molecule has 0 spiro atoms. The van der Waals surface area contributed by atoms with Gasteiger partial charge in [-0.05, 0) is 87.1 Å². The van der Waals surface area contributed by atoms with Gasteiger partial charge in [0.1, 0.15) is 11.5 Å². The Morgan fingerprint density at radius 2 is 1.65 bits per heavy atom. The van der Waals surface area contributed by atoms with Gasteiger partial charge in [-0.15, -0.1) is 0 Å². The lowest BCUT2D eigenvalue weighted by molar-refractivity contribution is -0.136. The number of halogens is 2. The Morgan fingerprint density at radius 1 is 1.10 bits per heavy atom. The van der Waals surface area contributed by atoms with Crippen LogP contribution < -0.4 is 4.74 Å². The van der Waals surface area contributed by atoms with E-state index in [2.05, 4.69) is 45.2 Å². The molecule has 0 aromatic heterocycles. The fourth-order valence-electron chi connectivity index (χ4n) is 1.62. The molecule has 0 saturated carbocycles. The molecule has 0 unspecified atom stereocenters. The summed E-state index contributed by atoms with van der Waals surface area (Å²) >= 11 is 4.24. The minimum absolute atomic E-state index is 0.00844. The van der Waals surface area contributed by atoms with Crippen molar-refractivity contribution >= 4 is 51.2 Å². The first-order chi connectivity index (χ1) is 9.45. The number of hydrogen-bond donors (Lipinski definition) is 2. The molecule has 0 atom stereocenters. The van der Waals surface area contributed by atoms with E-state index in [0.717, 1.165) is 12.7 Å². The molecule has 2 aromatic carbocycles. The molecule has 0 aliphatic rings. The first-order valence-electron chi connectivity index (χ1n) is 5.62. The number of carbonyl (C=O) groups is 1. The van der Waals surface area contributed by atoms with Crippen molar-refractivity contribution in [2.24, 2.45) is 0 Å². The van der Waals surface area contributed by atoms with E-state index in [1.54, 1.807) is 36.4 Å². The number of carboxylic acids is 1. The molecule has 6 heteroatoms. The second kappa shape index (κ2) is 6.61. The first kappa shape index (κ1) is 15.4. The van der Waals surface area contributed by atoms with Gasteiger partial charge in [0.15, 0.2) is 5.75 Å². The predicted molar refractivity (Wildman–Crippen MR) is 91.4 cm³/mol. The normalized spacial score (nSPS) is 10.3. The highest BCUT2D eigenvalue weighted by molar-refractivity contribution is 14.1. The number of benzene rings is 2. The molecule has 0 radical (unpaired) electrons. The highest BCUT2D eigenvalue weighted by atomic mass is 127. The summed E-state index contributed by atoms with van der Waals surface area (Å²) in [5.41, 5.74) is 0.740. The molecule has 2 N–H and O–H groups in total. The maximum absolute atomic E-state index is 10.7. The van der Waals surface area contributed by atoms with Crippen LogP contribution in [0.2, 0.25) is 0 Å². The highest BCUT2D eigenvalue weighted by Crippen LogP contribution is 2.33. The van der Waals surface area contributed by atoms with E-state index in [1.807, 2.05) is 0 Å². The van der Waals surface area contributed by atoms with Crippen LogP contribution >= 0.6 is 45.2 Å². The summed E-state index contributed by atoms with van der Waals surface area (Å²) in [5.74, 6) is 0.623. The zero-order valence-corrected chi connectivity index (χ0v) is 14.5. The first-order valence-corrected chi connectivity index (χ1v) is 7.78. The zero-order chi connectivity index (χ0) is 14.7. The van der Waals surface area contributed by atoms with E-state index in [0.29, 0.717) is 11.5 Å². The van der Waals surface area contributed by atoms with Gasteiger partial charge >= 0.3 is 5.97 Å². The van der Waals surface area contributed by atoms with E-state index in [-0.39, 0.29) is 12.2 Å². The van der Waals surface area contributed by atoms with Crippen molar-refractivity contribution in [3.63, 3.8) is 0 Å². The van der Waals surface area contributed by atoms with Crippen molar-refractivity contribution < 1.29 is 19.7 Å². The Kier molecular flexibility index (Phi) is 5.08. The maximum Gasteiger partial charge on any atom is 0.307 e. The summed E-state index contributed by atoms with van der Waals surface area (Å²) in [6.45, 7) is 0. The number of aliphatic carboxylic acids is 1. The van der Waals surface area contributed by atoms with Gasteiger partial charge in [-0.1, -0.05) is 0 Å². The Hall–Kier alpha value is -1.03. The van der Waals surface area contributed by atoms with Crippen molar-refractivity contribution in [3.8, 4) is 17.2 Å². The lowest BCUT2D eigenvalue weighted by Gasteiger charge is -2.11. The topological polar surface area (TPSA) is 66.8 Å². The molecule has 0 amide bonds. The third-order valence-corrected chi connectivity index (χ3v) is 4.07. The Morgan fingerprint density at radius 3 is 2.15 bits per heavy atom. The molecule has 2 aromatic rings. The number of phenolic OH excluding ortho intramolecular Hbond substituents is 1. The quantitative estimate of drug-likeness (QED) is 0.621. The van der Waals surface area contributed by atoms with E-state index < -0.39 is 5.97 Å². The van der Waals surface area contributed by atoms with Gasteiger partial charge in [0.25, 0.3) is 0 Å². The zero-order valence-electron chi connectivity index (χ0n) is 10.1. The average Bonchev–Trinajstić information content (AvgIpc) is 2.35. The lowest BCUT2D eigenvalue weighted by Crippen LogP contribution is -2.02. The monoisotopic (exact) mass is 502 g/mol. The van der Waals surface area contributed by atoms with Crippen LogP contribution in [0.1, 0.15) is 5.56 Å². The van der Waals surface area contributed by atoms with Crippen LogP contribution in [0.4, 0.5) is 0 Å². The van der Waals surface area contributed by atoms with Crippen molar-refractivity contribution in [1.82, 2.24) is 0 Å². The highest BCUT2D eigenvalue weighted by Gasteiger charge is 2.11. The fraction of sp³-hybridized carbons (Fsp3) is 0.0714. The number of rotatable bonds is 4. The van der Waals surface area contributed by atoms with Crippen LogP contribution in [0.3, 0.4) is 0 Å². The molecule has 2 rings (SSSR count). The Labute approximate surface area is 143 Å². The van der Waals surface area contributed by atoms with Gasteiger partial charge in [0.2, 0.25) is 0 Å². The molecule has 0 fully saturated rings. The Bertz CT molecular complexity index is 615. The van der Waals surface area contributed by atoms with Crippen LogP contribution in [0.25, 0.3) is 0 Å². The van der Waals surface area contributed by atoms with Crippen molar-refractivity contribution in [2.75, 3.05) is 0 Å². The molecule has 0 saturated heterocycles. The summed E-state index contributed by atoms with van der Waals surface area (Å²) < 4.78 is 7.47. The van der Waals surface area contributed by atoms with Crippen LogP contribution in [-0.2, 0) is 11.2 Å². The molecule has 4 nitrogen and oxygen atoms in total. The van der Waals surface area contributed by atoms with Gasteiger partial charge in [-0.3, -0.25) is 4.79 Å². The molecular formula is C14H10I2O4. The predicted octanol–water partition coefficient (Wildman–Crippen LogP) is 4.02. The second-order valence-electron chi connectivity index (χ2n) is 4.06. The Balaban J connectivity index is 2.28. The molecule has 0 aliphatic heterocycles. The number of aromatic hydroxyl groups is 1. The van der Waals surface area contributed by atoms with Crippen LogP contribution in [-0.4, -0.2) is 16.2 Å². The van der Waals surface area contributed by atoms with Crippen molar-refractivity contribution in [3.05, 3.63) is 49.1 Å². The lowest BCUT2D eigenvalue weighted by atomic mass is 10.1. The number of hydrogen-bond acceptors (Lipinski definition) is 3. The fourth-order valence-corrected chi connectivity index (χ4v) is 3.74. The third kappa shape index (κ3) is 3.98. The number of phenols is 1. The molecule has 104 valence electrons. The summed E-state index contributed by atoms with van der Waals surface area (Å²) in [6.07, 6.45) is -0.00844. The largest absolute Gasteiger partial charge is 0.508 e. The number of carboxylic acid groups (broad SMARTS) is 1. The smallest absolute Gasteiger partial charge is 0.307 e. The van der Waals surface area contributed by atoms with E-state index in [1.165, 1.54) is 0 Å². The number of ether oxygens (including phenoxy) is 1. The van der Waals surface area contributed by atoms with Crippen molar-refractivity contribution in [2.45, 2.75) is 6.42 Å². The average molecular weight is 502 g/mol. The molecule has 0 aliphatic carbocycles. The standard InChI is InChI=1S/C14H10I2O4/c15-11-5-8(7-13(18)19)6-12(16)14(11)20-10-3-1-9(17)2-4-10/h1-6,17H,7H2,(H,18,19)/i1+1,2+1,3+1,4+1,9+1,10+1. The minimum Gasteiger partial charge on any atom is -0.508 e. The molecule has 0 heterocycles.